The molecule has 9 heteroatoms. The van der Waals surface area contributed by atoms with Crippen LogP contribution in [0.15, 0.2) is 0 Å². The van der Waals surface area contributed by atoms with Crippen LogP contribution in [0.25, 0.3) is 0 Å². The van der Waals surface area contributed by atoms with Crippen LogP contribution in [0.2, 0.25) is 0 Å². The molecule has 0 saturated heterocycles. The van der Waals surface area contributed by atoms with Crippen molar-refractivity contribution in [2.75, 3.05) is 13.1 Å². The number of nitrogens with zero attached hydrogens (tertiary/aromatic N) is 3. The van der Waals surface area contributed by atoms with Crippen LogP contribution in [-0.4, -0.2) is 44.9 Å². The minimum absolute atomic E-state index is 0.0170. The molecule has 1 rings (SSSR count). The lowest BCUT2D eigenvalue weighted by Crippen LogP contribution is -2.31. The lowest BCUT2D eigenvalue weighted by atomic mass is 10.3. The predicted molar refractivity (Wildman–Crippen MR) is 75.7 cm³/mol. The zero-order valence-corrected chi connectivity index (χ0v) is 12.2. The van der Waals surface area contributed by atoms with Crippen LogP contribution >= 0.6 is 0 Å². The molecule has 21 heavy (non-hydrogen) atoms. The Bertz CT molecular complexity index is 514. The van der Waals surface area contributed by atoms with E-state index in [1.54, 1.807) is 13.8 Å². The van der Waals surface area contributed by atoms with Crippen molar-refractivity contribution in [1.82, 2.24) is 15.1 Å². The summed E-state index contributed by atoms with van der Waals surface area (Å²) in [7, 11) is 0. The van der Waals surface area contributed by atoms with Gasteiger partial charge in [0, 0.05) is 13.0 Å². The van der Waals surface area contributed by atoms with Gasteiger partial charge in [-0.05, 0) is 26.8 Å². The van der Waals surface area contributed by atoms with Crippen LogP contribution in [-0.2, 0) is 11.3 Å². The zero-order chi connectivity index (χ0) is 16.0. The number of carbonyl (C=O) groups is 1. The van der Waals surface area contributed by atoms with Crippen molar-refractivity contribution in [3.63, 3.8) is 0 Å². The molecule has 1 aromatic rings. The Hall–Kier alpha value is -2.00. The van der Waals surface area contributed by atoms with E-state index in [0.717, 1.165) is 0 Å². The molecule has 0 aliphatic carbocycles. The lowest BCUT2D eigenvalue weighted by molar-refractivity contribution is -0.386. The number of nitro groups is 1. The highest BCUT2D eigenvalue weighted by atomic mass is 16.6. The highest BCUT2D eigenvalue weighted by molar-refractivity contribution is 5.73. The number of nitrogens with one attached hydrogen (secondary N) is 1. The normalized spacial score (nSPS) is 12.3. The molecule has 9 nitrogen and oxygen atoms in total. The van der Waals surface area contributed by atoms with Crippen LogP contribution in [0.3, 0.4) is 0 Å². The summed E-state index contributed by atoms with van der Waals surface area (Å²) >= 11 is 0. The van der Waals surface area contributed by atoms with Crippen molar-refractivity contribution in [3.05, 3.63) is 21.5 Å². The topological polar surface area (TPSA) is 136 Å². The molecule has 1 aromatic heterocycles. The summed E-state index contributed by atoms with van der Waals surface area (Å²) in [6, 6.07) is 0. The molecular formula is C12H21N5O4. The molecule has 0 aliphatic rings. The molecule has 0 aromatic carbocycles. The Kier molecular flexibility index (Phi) is 6.25. The predicted octanol–water partition coefficient (Wildman–Crippen LogP) is -0.376. The number of nitrogens with two attached hydrogens (primary N) is 1. The van der Waals surface area contributed by atoms with Gasteiger partial charge < -0.3 is 16.2 Å². The number of hydrogen-bond acceptors (Lipinski definition) is 6. The van der Waals surface area contributed by atoms with Crippen molar-refractivity contribution in [2.45, 2.75) is 39.3 Å². The van der Waals surface area contributed by atoms with Crippen molar-refractivity contribution >= 4 is 11.6 Å². The van der Waals surface area contributed by atoms with E-state index in [1.807, 2.05) is 0 Å². The second-order valence-corrected chi connectivity index (χ2v) is 4.89. The minimum Gasteiger partial charge on any atom is -0.390 e. The van der Waals surface area contributed by atoms with Gasteiger partial charge in [-0.2, -0.15) is 5.10 Å². The Morgan fingerprint density at radius 1 is 1.57 bits per heavy atom. The summed E-state index contributed by atoms with van der Waals surface area (Å²) in [5.74, 6) is -0.354. The Balaban J connectivity index is 2.45. The van der Waals surface area contributed by atoms with Crippen LogP contribution < -0.4 is 11.1 Å². The van der Waals surface area contributed by atoms with E-state index < -0.39 is 11.0 Å². The minimum atomic E-state index is -0.726. The highest BCUT2D eigenvalue weighted by Gasteiger charge is 2.22. The lowest BCUT2D eigenvalue weighted by Gasteiger charge is -2.12. The first-order valence-corrected chi connectivity index (χ1v) is 6.68. The van der Waals surface area contributed by atoms with E-state index in [0.29, 0.717) is 37.3 Å². The maximum atomic E-state index is 10.9. The van der Waals surface area contributed by atoms with E-state index >= 15 is 0 Å². The molecule has 118 valence electrons. The van der Waals surface area contributed by atoms with Gasteiger partial charge in [0.15, 0.2) is 0 Å². The van der Waals surface area contributed by atoms with E-state index in [9.17, 15) is 20.0 Å². The molecule has 0 saturated carbocycles. The van der Waals surface area contributed by atoms with Crippen LogP contribution in [0.1, 0.15) is 24.2 Å². The molecule has 1 amide bonds. The number of amides is 1. The molecule has 0 aliphatic heterocycles. The fourth-order valence-electron chi connectivity index (χ4n) is 2.05. The van der Waals surface area contributed by atoms with Gasteiger partial charge in [0.1, 0.15) is 11.4 Å². The van der Waals surface area contributed by atoms with Gasteiger partial charge in [0.05, 0.1) is 17.6 Å². The van der Waals surface area contributed by atoms with Gasteiger partial charge in [0.2, 0.25) is 5.91 Å². The maximum Gasteiger partial charge on any atom is 0.312 e. The summed E-state index contributed by atoms with van der Waals surface area (Å²) in [5.41, 5.74) is 5.75. The van der Waals surface area contributed by atoms with Crippen LogP contribution in [0.4, 0.5) is 5.69 Å². The standard InChI is InChI=1S/C12H21N5O4/c1-8-12(17(20)21)9(2)16(15-8)7-10(18)6-14-5-3-4-11(13)19/h10,14,18H,3-7H2,1-2H3,(H2,13,19). The van der Waals surface area contributed by atoms with E-state index in [1.165, 1.54) is 4.68 Å². The van der Waals surface area contributed by atoms with Crippen molar-refractivity contribution < 1.29 is 14.8 Å². The third-order valence-corrected chi connectivity index (χ3v) is 3.07. The third kappa shape index (κ3) is 5.12. The summed E-state index contributed by atoms with van der Waals surface area (Å²) < 4.78 is 1.43. The number of primary amides is 1. The fourth-order valence-corrected chi connectivity index (χ4v) is 2.05. The molecule has 4 N–H and O–H groups in total. The first kappa shape index (κ1) is 17.1. The number of hydrogen-bond donors (Lipinski definition) is 3. The van der Waals surface area contributed by atoms with Crippen molar-refractivity contribution in [2.24, 2.45) is 5.73 Å². The van der Waals surface area contributed by atoms with E-state index in [-0.39, 0.29) is 18.1 Å². The molecule has 1 atom stereocenters. The average Bonchev–Trinajstić information content (AvgIpc) is 2.63. The Morgan fingerprint density at radius 3 is 2.76 bits per heavy atom. The quantitative estimate of drug-likeness (QED) is 0.323. The zero-order valence-electron chi connectivity index (χ0n) is 12.2. The second-order valence-electron chi connectivity index (χ2n) is 4.89. The Labute approximate surface area is 122 Å². The number of rotatable bonds is 9. The smallest absolute Gasteiger partial charge is 0.312 e. The van der Waals surface area contributed by atoms with Gasteiger partial charge in [-0.1, -0.05) is 0 Å². The monoisotopic (exact) mass is 299 g/mol. The number of aliphatic hydroxyl groups excluding tert-OH is 1. The summed E-state index contributed by atoms with van der Waals surface area (Å²) in [6.45, 7) is 4.22. The summed E-state index contributed by atoms with van der Waals surface area (Å²) in [4.78, 5) is 21.0. The van der Waals surface area contributed by atoms with Crippen LogP contribution in [0, 0.1) is 24.0 Å². The first-order valence-electron chi connectivity index (χ1n) is 6.68. The number of carbonyl (C=O) groups excluding carboxylic acids is 1. The fraction of sp³-hybridized carbons (Fsp3) is 0.667. The van der Waals surface area contributed by atoms with E-state index in [4.69, 9.17) is 5.73 Å². The van der Waals surface area contributed by atoms with Crippen LogP contribution in [0.5, 0.6) is 0 Å². The largest absolute Gasteiger partial charge is 0.390 e. The van der Waals surface area contributed by atoms with Gasteiger partial charge in [-0.3, -0.25) is 19.6 Å². The highest BCUT2D eigenvalue weighted by Crippen LogP contribution is 2.21. The SMILES string of the molecule is Cc1nn(CC(O)CNCCCC(N)=O)c(C)c1[N+](=O)[O-]. The number of aryl methyl sites for hydroxylation is 1. The summed E-state index contributed by atoms with van der Waals surface area (Å²) in [5, 5.41) is 27.8. The average molecular weight is 299 g/mol. The van der Waals surface area contributed by atoms with Gasteiger partial charge in [-0.15, -0.1) is 0 Å². The summed E-state index contributed by atoms with van der Waals surface area (Å²) in [6.07, 6.45) is 0.177. The third-order valence-electron chi connectivity index (χ3n) is 3.07. The molecular weight excluding hydrogens is 278 g/mol. The van der Waals surface area contributed by atoms with Gasteiger partial charge in [0.25, 0.3) is 0 Å². The van der Waals surface area contributed by atoms with Gasteiger partial charge >= 0.3 is 5.69 Å². The Morgan fingerprint density at radius 2 is 2.24 bits per heavy atom. The number of aromatic nitrogens is 2. The molecule has 1 unspecified atom stereocenters. The molecule has 0 fully saturated rings. The first-order chi connectivity index (χ1) is 9.82. The van der Waals surface area contributed by atoms with E-state index in [2.05, 4.69) is 10.4 Å². The van der Waals surface area contributed by atoms with Crippen molar-refractivity contribution in [3.8, 4) is 0 Å². The maximum absolute atomic E-state index is 10.9. The van der Waals surface area contributed by atoms with Crippen molar-refractivity contribution in [1.29, 1.82) is 0 Å². The number of aliphatic hydroxyl groups is 1. The molecule has 1 heterocycles. The molecule has 0 bridgehead atoms. The van der Waals surface area contributed by atoms with Gasteiger partial charge in [-0.25, -0.2) is 0 Å². The second kappa shape index (κ2) is 7.70. The molecule has 0 radical (unpaired) electrons. The molecule has 0 spiro atoms.